The number of urea groups is 1. The molecule has 0 unspecified atom stereocenters. The van der Waals surface area contributed by atoms with Gasteiger partial charge in [-0.3, -0.25) is 10.1 Å². The normalized spacial score (nSPS) is 13.6. The summed E-state index contributed by atoms with van der Waals surface area (Å²) in [4.78, 5) is 45.2. The molecule has 1 aliphatic rings. The summed E-state index contributed by atoms with van der Waals surface area (Å²) in [5.74, 6) is -1.17. The number of amides is 2. The van der Waals surface area contributed by atoms with Crippen LogP contribution in [0.1, 0.15) is 46.5 Å². The first-order valence-electron chi connectivity index (χ1n) is 10.1. The number of thiazole rings is 1. The molecule has 1 aromatic carbocycles. The SMILES string of the molecule is O=C(Nc1nc(C(=O)O)c(Sc2ccccn2)s1)Nc1ccccc1C(=O)C1CCCC1. The number of carboxylic acids is 1. The molecular weight excluding hydrogens is 448 g/mol. The Hall–Kier alpha value is -3.24. The molecular formula is C22H20N4O4S2. The number of hydrogen-bond acceptors (Lipinski definition) is 7. The van der Waals surface area contributed by atoms with Gasteiger partial charge in [-0.05, 0) is 37.1 Å². The van der Waals surface area contributed by atoms with Gasteiger partial charge < -0.3 is 10.4 Å². The first-order valence-corrected chi connectivity index (χ1v) is 11.7. The number of aromatic nitrogens is 2. The molecule has 0 saturated heterocycles. The van der Waals surface area contributed by atoms with Crippen molar-refractivity contribution in [3.8, 4) is 0 Å². The molecule has 1 aliphatic carbocycles. The minimum Gasteiger partial charge on any atom is -0.476 e. The second-order valence-corrected chi connectivity index (χ2v) is 9.49. The number of Topliss-reactive ketones (excluding diaryl/α,β-unsaturated/α-hetero) is 1. The van der Waals surface area contributed by atoms with E-state index in [4.69, 9.17) is 0 Å². The van der Waals surface area contributed by atoms with Gasteiger partial charge in [0.05, 0.1) is 5.69 Å². The molecule has 1 saturated carbocycles. The van der Waals surface area contributed by atoms with Crippen LogP contribution in [0.15, 0.2) is 57.9 Å². The number of carbonyl (C=O) groups is 3. The Morgan fingerprint density at radius 1 is 1.03 bits per heavy atom. The Kier molecular flexibility index (Phi) is 6.81. The fraction of sp³-hybridized carbons (Fsp3) is 0.227. The highest BCUT2D eigenvalue weighted by molar-refractivity contribution is 8.01. The third-order valence-electron chi connectivity index (χ3n) is 5.02. The Labute approximate surface area is 192 Å². The summed E-state index contributed by atoms with van der Waals surface area (Å²) in [6, 6.07) is 11.6. The van der Waals surface area contributed by atoms with E-state index >= 15 is 0 Å². The fourth-order valence-electron chi connectivity index (χ4n) is 3.53. The Morgan fingerprint density at radius 3 is 2.50 bits per heavy atom. The number of nitrogens with one attached hydrogen (secondary N) is 2. The lowest BCUT2D eigenvalue weighted by Gasteiger charge is -2.13. The highest BCUT2D eigenvalue weighted by Gasteiger charge is 2.26. The zero-order valence-electron chi connectivity index (χ0n) is 16.9. The average Bonchev–Trinajstić information content (AvgIpc) is 3.45. The van der Waals surface area contributed by atoms with Crippen molar-refractivity contribution >= 4 is 51.7 Å². The van der Waals surface area contributed by atoms with Crippen molar-refractivity contribution in [3.05, 3.63) is 59.9 Å². The minimum absolute atomic E-state index is 0.00993. The molecule has 0 atom stereocenters. The summed E-state index contributed by atoms with van der Waals surface area (Å²) >= 11 is 2.21. The minimum atomic E-state index is -1.19. The van der Waals surface area contributed by atoms with E-state index in [1.165, 1.54) is 0 Å². The summed E-state index contributed by atoms with van der Waals surface area (Å²) in [5.41, 5.74) is 0.740. The summed E-state index contributed by atoms with van der Waals surface area (Å²) in [5, 5.41) is 15.5. The summed E-state index contributed by atoms with van der Waals surface area (Å²) in [6.07, 6.45) is 5.43. The molecule has 0 aliphatic heterocycles. The van der Waals surface area contributed by atoms with Crippen LogP contribution in [0, 0.1) is 5.92 Å². The highest BCUT2D eigenvalue weighted by Crippen LogP contribution is 2.36. The predicted molar refractivity (Wildman–Crippen MR) is 123 cm³/mol. The van der Waals surface area contributed by atoms with Gasteiger partial charge in [0, 0.05) is 17.7 Å². The van der Waals surface area contributed by atoms with E-state index in [0.717, 1.165) is 48.8 Å². The third kappa shape index (κ3) is 5.14. The lowest BCUT2D eigenvalue weighted by atomic mass is 9.95. The monoisotopic (exact) mass is 468 g/mol. The molecule has 0 spiro atoms. The number of carboxylic acid groups (broad SMARTS) is 1. The van der Waals surface area contributed by atoms with Crippen LogP contribution in [0.4, 0.5) is 15.6 Å². The molecule has 164 valence electrons. The van der Waals surface area contributed by atoms with E-state index in [1.54, 1.807) is 48.7 Å². The quantitative estimate of drug-likeness (QED) is 0.397. The molecule has 2 amide bonds. The number of pyridine rings is 1. The van der Waals surface area contributed by atoms with Crippen molar-refractivity contribution in [2.45, 2.75) is 34.9 Å². The standard InChI is InChI=1S/C22H20N4O4S2/c27-18(13-7-1-2-8-13)14-9-3-4-10-15(14)24-21(30)26-22-25-17(19(28)29)20(32-22)31-16-11-5-6-12-23-16/h3-6,9-13H,1-2,7-8H2,(H,28,29)(H2,24,25,26,30). The van der Waals surface area contributed by atoms with Gasteiger partial charge in [-0.2, -0.15) is 0 Å². The summed E-state index contributed by atoms with van der Waals surface area (Å²) < 4.78 is 0.406. The van der Waals surface area contributed by atoms with Gasteiger partial charge in [0.15, 0.2) is 16.6 Å². The van der Waals surface area contributed by atoms with Gasteiger partial charge >= 0.3 is 12.0 Å². The second-order valence-electron chi connectivity index (χ2n) is 7.20. The van der Waals surface area contributed by atoms with Gasteiger partial charge in [0.2, 0.25) is 0 Å². The molecule has 10 heteroatoms. The number of carbonyl (C=O) groups excluding carboxylic acids is 2. The van der Waals surface area contributed by atoms with Crippen LogP contribution in [0.2, 0.25) is 0 Å². The van der Waals surface area contributed by atoms with Crippen LogP contribution in [-0.4, -0.2) is 32.9 Å². The van der Waals surface area contributed by atoms with E-state index in [-0.39, 0.29) is 22.5 Å². The van der Waals surface area contributed by atoms with E-state index in [1.807, 2.05) is 0 Å². The van der Waals surface area contributed by atoms with Crippen LogP contribution in [-0.2, 0) is 0 Å². The highest BCUT2D eigenvalue weighted by atomic mass is 32.2. The predicted octanol–water partition coefficient (Wildman–Crippen LogP) is 5.40. The topological polar surface area (TPSA) is 121 Å². The van der Waals surface area contributed by atoms with E-state index in [2.05, 4.69) is 20.6 Å². The maximum absolute atomic E-state index is 12.8. The third-order valence-corrected chi connectivity index (χ3v) is 7.12. The Bertz CT molecular complexity index is 1140. The zero-order chi connectivity index (χ0) is 22.5. The molecule has 2 heterocycles. The molecule has 1 fully saturated rings. The number of aromatic carboxylic acids is 1. The number of benzene rings is 1. The number of hydrogen-bond donors (Lipinski definition) is 3. The largest absolute Gasteiger partial charge is 0.476 e. The first kappa shape index (κ1) is 22.0. The molecule has 0 radical (unpaired) electrons. The van der Waals surface area contributed by atoms with Crippen molar-refractivity contribution < 1.29 is 19.5 Å². The van der Waals surface area contributed by atoms with Gasteiger partial charge in [0.25, 0.3) is 0 Å². The van der Waals surface area contributed by atoms with Crippen LogP contribution < -0.4 is 10.6 Å². The molecule has 3 aromatic rings. The fourth-order valence-corrected chi connectivity index (χ4v) is 5.56. The Balaban J connectivity index is 1.48. The molecule has 3 N–H and O–H groups in total. The van der Waals surface area contributed by atoms with E-state index < -0.39 is 12.0 Å². The van der Waals surface area contributed by atoms with Crippen molar-refractivity contribution in [3.63, 3.8) is 0 Å². The van der Waals surface area contributed by atoms with Crippen molar-refractivity contribution in [1.82, 2.24) is 9.97 Å². The number of para-hydroxylation sites is 1. The zero-order valence-corrected chi connectivity index (χ0v) is 18.5. The number of nitrogens with zero attached hydrogens (tertiary/aromatic N) is 2. The number of ketones is 1. The molecule has 2 aromatic heterocycles. The molecule has 8 nitrogen and oxygen atoms in total. The van der Waals surface area contributed by atoms with Gasteiger partial charge in [-0.15, -0.1) is 0 Å². The maximum atomic E-state index is 12.8. The molecule has 0 bridgehead atoms. The maximum Gasteiger partial charge on any atom is 0.356 e. The van der Waals surface area contributed by atoms with E-state index in [0.29, 0.717) is 20.5 Å². The van der Waals surface area contributed by atoms with Crippen LogP contribution in [0.25, 0.3) is 0 Å². The lowest BCUT2D eigenvalue weighted by molar-refractivity contribution is 0.0687. The average molecular weight is 469 g/mol. The van der Waals surface area contributed by atoms with Crippen LogP contribution in [0.5, 0.6) is 0 Å². The van der Waals surface area contributed by atoms with Crippen molar-refractivity contribution in [2.75, 3.05) is 10.6 Å². The smallest absolute Gasteiger partial charge is 0.356 e. The van der Waals surface area contributed by atoms with E-state index in [9.17, 15) is 19.5 Å². The van der Waals surface area contributed by atoms with Crippen molar-refractivity contribution in [1.29, 1.82) is 0 Å². The summed E-state index contributed by atoms with van der Waals surface area (Å²) in [6.45, 7) is 0. The lowest BCUT2D eigenvalue weighted by Crippen LogP contribution is -2.22. The van der Waals surface area contributed by atoms with Crippen molar-refractivity contribution in [2.24, 2.45) is 5.92 Å². The first-order chi connectivity index (χ1) is 15.5. The number of rotatable bonds is 7. The second kappa shape index (κ2) is 9.92. The van der Waals surface area contributed by atoms with Gasteiger partial charge in [-0.25, -0.2) is 19.6 Å². The number of anilines is 2. The summed E-state index contributed by atoms with van der Waals surface area (Å²) in [7, 11) is 0. The molecule has 4 rings (SSSR count). The van der Waals surface area contributed by atoms with Crippen LogP contribution >= 0.6 is 23.1 Å². The van der Waals surface area contributed by atoms with Crippen LogP contribution in [0.3, 0.4) is 0 Å². The Morgan fingerprint density at radius 2 is 1.78 bits per heavy atom. The molecule has 32 heavy (non-hydrogen) atoms. The van der Waals surface area contributed by atoms with Gasteiger partial charge in [-0.1, -0.05) is 54.1 Å². The van der Waals surface area contributed by atoms with Gasteiger partial charge in [0.1, 0.15) is 9.24 Å².